The minimum atomic E-state index is -3.63. The predicted octanol–water partition coefficient (Wildman–Crippen LogP) is 0.757. The fraction of sp³-hybridized carbons (Fsp3) is 0.364. The zero-order chi connectivity index (χ0) is 12.7. The van der Waals surface area contributed by atoms with Crippen LogP contribution in [-0.4, -0.2) is 21.5 Å². The van der Waals surface area contributed by atoms with Crippen LogP contribution in [0.5, 0.6) is 0 Å². The van der Waals surface area contributed by atoms with Gasteiger partial charge in [-0.2, -0.15) is 4.72 Å². The van der Waals surface area contributed by atoms with E-state index < -0.39 is 21.5 Å². The Morgan fingerprint density at radius 1 is 1.41 bits per heavy atom. The number of sulfonamides is 1. The van der Waals surface area contributed by atoms with Crippen LogP contribution in [0.15, 0.2) is 29.2 Å². The molecule has 1 atom stereocenters. The summed E-state index contributed by atoms with van der Waals surface area (Å²) >= 11 is 0. The maximum atomic E-state index is 11.9. The van der Waals surface area contributed by atoms with Crippen molar-refractivity contribution >= 4 is 16.0 Å². The molecule has 5 nitrogen and oxygen atoms in total. The molecule has 6 heteroatoms. The van der Waals surface area contributed by atoms with Crippen molar-refractivity contribution in [1.82, 2.24) is 4.72 Å². The van der Waals surface area contributed by atoms with Crippen LogP contribution in [0.4, 0.5) is 0 Å². The van der Waals surface area contributed by atoms with Gasteiger partial charge in [0, 0.05) is 5.56 Å². The van der Waals surface area contributed by atoms with Gasteiger partial charge in [-0.25, -0.2) is 13.2 Å². The Hall–Kier alpha value is -1.40. The summed E-state index contributed by atoms with van der Waals surface area (Å²) in [6.45, 7) is 1.74. The van der Waals surface area contributed by atoms with Gasteiger partial charge in [0.2, 0.25) is 10.0 Å². The summed E-state index contributed by atoms with van der Waals surface area (Å²) in [6, 6.07) is 6.45. The van der Waals surface area contributed by atoms with E-state index in [0.717, 1.165) is 0 Å². The number of fused-ring (bicyclic) bond motifs is 1. The van der Waals surface area contributed by atoms with Gasteiger partial charge in [0.05, 0.1) is 12.0 Å². The molecule has 1 heterocycles. The number of esters is 1. The smallest absolute Gasteiger partial charge is 0.331 e. The molecule has 1 aliphatic rings. The molecule has 0 bridgehead atoms. The Bertz CT molecular complexity index is 567. The number of benzene rings is 1. The molecule has 0 saturated carbocycles. The van der Waals surface area contributed by atoms with E-state index in [1.807, 2.05) is 0 Å². The number of methoxy groups -OCH3 is 1. The second-order valence-corrected chi connectivity index (χ2v) is 5.50. The van der Waals surface area contributed by atoms with E-state index >= 15 is 0 Å². The first-order valence-electron chi connectivity index (χ1n) is 5.20. The Balaban J connectivity index is 2.72. The van der Waals surface area contributed by atoms with Gasteiger partial charge in [0.15, 0.2) is 5.54 Å². The zero-order valence-corrected chi connectivity index (χ0v) is 10.4. The standard InChI is InChI=1S/C11H13NO4S/c1-3-11(10(13)16-2)8-6-4-5-7-9(8)17(14,15)12-11/h4-7,12H,3H2,1-2H3/t11-/m1/s1. The minimum Gasteiger partial charge on any atom is -0.467 e. The summed E-state index contributed by atoms with van der Waals surface area (Å²) in [7, 11) is -2.39. The first-order chi connectivity index (χ1) is 7.98. The van der Waals surface area contributed by atoms with Crippen LogP contribution in [0.3, 0.4) is 0 Å². The molecule has 0 amide bonds. The van der Waals surface area contributed by atoms with Crippen molar-refractivity contribution in [2.75, 3.05) is 7.11 Å². The Kier molecular flexibility index (Phi) is 2.71. The first-order valence-corrected chi connectivity index (χ1v) is 6.68. The third kappa shape index (κ3) is 1.56. The lowest BCUT2D eigenvalue weighted by atomic mass is 9.88. The Labute approximate surface area is 99.8 Å². The molecule has 0 aliphatic carbocycles. The molecule has 0 fully saturated rings. The Morgan fingerprint density at radius 2 is 2.06 bits per heavy atom. The molecular formula is C11H13NO4S. The molecule has 92 valence electrons. The summed E-state index contributed by atoms with van der Waals surface area (Å²) in [4.78, 5) is 12.0. The van der Waals surface area contributed by atoms with E-state index in [9.17, 15) is 13.2 Å². The first kappa shape index (κ1) is 12.1. The fourth-order valence-electron chi connectivity index (χ4n) is 2.13. The summed E-state index contributed by atoms with van der Waals surface area (Å²) in [6.07, 6.45) is 0.302. The average molecular weight is 255 g/mol. The van der Waals surface area contributed by atoms with E-state index in [1.165, 1.54) is 13.2 Å². The van der Waals surface area contributed by atoms with Crippen molar-refractivity contribution in [2.45, 2.75) is 23.8 Å². The van der Waals surface area contributed by atoms with Gasteiger partial charge in [-0.3, -0.25) is 0 Å². The van der Waals surface area contributed by atoms with Crippen molar-refractivity contribution in [3.8, 4) is 0 Å². The predicted molar refractivity (Wildman–Crippen MR) is 60.7 cm³/mol. The third-order valence-electron chi connectivity index (χ3n) is 3.01. The molecule has 0 unspecified atom stereocenters. The minimum absolute atomic E-state index is 0.146. The van der Waals surface area contributed by atoms with Gasteiger partial charge in [-0.15, -0.1) is 0 Å². The molecule has 0 spiro atoms. The van der Waals surface area contributed by atoms with Crippen molar-refractivity contribution in [3.05, 3.63) is 29.8 Å². The second kappa shape index (κ2) is 3.82. The molecule has 2 rings (SSSR count). The quantitative estimate of drug-likeness (QED) is 0.792. The van der Waals surface area contributed by atoms with Crippen LogP contribution in [0.2, 0.25) is 0 Å². The second-order valence-electron chi connectivity index (χ2n) is 3.85. The highest BCUT2D eigenvalue weighted by atomic mass is 32.2. The van der Waals surface area contributed by atoms with Crippen molar-refractivity contribution < 1.29 is 17.9 Å². The molecule has 1 N–H and O–H groups in total. The SMILES string of the molecule is CC[C@@]1(C(=O)OC)NS(=O)(=O)c2ccccc21. The van der Waals surface area contributed by atoms with Gasteiger partial charge < -0.3 is 4.74 Å². The number of carbonyl (C=O) groups is 1. The van der Waals surface area contributed by atoms with Gasteiger partial charge in [-0.1, -0.05) is 25.1 Å². The van der Waals surface area contributed by atoms with E-state index in [0.29, 0.717) is 12.0 Å². The highest BCUT2D eigenvalue weighted by molar-refractivity contribution is 7.90. The number of ether oxygens (including phenoxy) is 1. The van der Waals surface area contributed by atoms with E-state index in [1.54, 1.807) is 25.1 Å². The molecule has 0 aromatic heterocycles. The normalized spacial score (nSPS) is 25.3. The Morgan fingerprint density at radius 3 is 2.65 bits per heavy atom. The lowest BCUT2D eigenvalue weighted by molar-refractivity contribution is -0.148. The zero-order valence-electron chi connectivity index (χ0n) is 9.56. The highest BCUT2D eigenvalue weighted by Gasteiger charge is 2.51. The number of hydrogen-bond acceptors (Lipinski definition) is 4. The topological polar surface area (TPSA) is 72.5 Å². The molecule has 1 aliphatic heterocycles. The van der Waals surface area contributed by atoms with E-state index in [2.05, 4.69) is 4.72 Å². The summed E-state index contributed by atoms with van der Waals surface area (Å²) < 4.78 is 31.0. The van der Waals surface area contributed by atoms with Gasteiger partial charge in [0.1, 0.15) is 0 Å². The van der Waals surface area contributed by atoms with Crippen LogP contribution < -0.4 is 4.72 Å². The van der Waals surface area contributed by atoms with Crippen molar-refractivity contribution in [1.29, 1.82) is 0 Å². The van der Waals surface area contributed by atoms with Crippen LogP contribution in [-0.2, 0) is 25.1 Å². The molecule has 0 saturated heterocycles. The van der Waals surface area contributed by atoms with Crippen LogP contribution in [0.25, 0.3) is 0 Å². The lowest BCUT2D eigenvalue weighted by Crippen LogP contribution is -2.46. The van der Waals surface area contributed by atoms with Crippen molar-refractivity contribution in [3.63, 3.8) is 0 Å². The van der Waals surface area contributed by atoms with Crippen LogP contribution in [0, 0.1) is 0 Å². The molecular weight excluding hydrogens is 242 g/mol. The number of hydrogen-bond donors (Lipinski definition) is 1. The highest BCUT2D eigenvalue weighted by Crippen LogP contribution is 2.38. The maximum absolute atomic E-state index is 11.9. The fourth-order valence-corrected chi connectivity index (χ4v) is 3.82. The molecule has 17 heavy (non-hydrogen) atoms. The maximum Gasteiger partial charge on any atom is 0.331 e. The van der Waals surface area contributed by atoms with Crippen molar-refractivity contribution in [2.24, 2.45) is 0 Å². The number of rotatable bonds is 2. The van der Waals surface area contributed by atoms with Gasteiger partial charge >= 0.3 is 5.97 Å². The van der Waals surface area contributed by atoms with Gasteiger partial charge in [-0.05, 0) is 12.5 Å². The largest absolute Gasteiger partial charge is 0.467 e. The lowest BCUT2D eigenvalue weighted by Gasteiger charge is -2.24. The molecule has 1 aromatic carbocycles. The van der Waals surface area contributed by atoms with Gasteiger partial charge in [0.25, 0.3) is 0 Å². The number of nitrogens with one attached hydrogen (secondary N) is 1. The number of carbonyl (C=O) groups excluding carboxylic acids is 1. The summed E-state index contributed by atoms with van der Waals surface area (Å²) in [5.41, 5.74) is -0.834. The average Bonchev–Trinajstić information content (AvgIpc) is 2.58. The van der Waals surface area contributed by atoms with Crippen LogP contribution in [0.1, 0.15) is 18.9 Å². The monoisotopic (exact) mass is 255 g/mol. The summed E-state index contributed by atoms with van der Waals surface area (Å²) in [5, 5.41) is 0. The third-order valence-corrected chi connectivity index (χ3v) is 4.56. The van der Waals surface area contributed by atoms with E-state index in [-0.39, 0.29) is 4.90 Å². The summed E-state index contributed by atoms with van der Waals surface area (Å²) in [5.74, 6) is -0.589. The van der Waals surface area contributed by atoms with Crippen LogP contribution >= 0.6 is 0 Å². The molecule has 1 aromatic rings. The van der Waals surface area contributed by atoms with E-state index in [4.69, 9.17) is 4.74 Å². The molecule has 0 radical (unpaired) electrons.